The van der Waals surface area contributed by atoms with Gasteiger partial charge in [0.1, 0.15) is 5.60 Å². The molecule has 0 aromatic carbocycles. The van der Waals surface area contributed by atoms with Crippen LogP contribution in [0.5, 0.6) is 0 Å². The molecule has 0 aromatic rings. The third kappa shape index (κ3) is 1.86. The van der Waals surface area contributed by atoms with E-state index in [1.54, 1.807) is 0 Å². The van der Waals surface area contributed by atoms with Crippen LogP contribution < -0.4 is 0 Å². The van der Waals surface area contributed by atoms with E-state index in [9.17, 15) is 0 Å². The number of halogens is 1. The summed E-state index contributed by atoms with van der Waals surface area (Å²) in [4.78, 5) is 0. The van der Waals surface area contributed by atoms with Crippen molar-refractivity contribution < 1.29 is 14.2 Å². The maximum atomic E-state index is 6.02. The first-order chi connectivity index (χ1) is 6.80. The highest BCUT2D eigenvalue weighted by atomic mass is 79.9. The molecule has 2 unspecified atom stereocenters. The van der Waals surface area contributed by atoms with E-state index in [4.69, 9.17) is 14.2 Å². The van der Waals surface area contributed by atoms with Crippen LogP contribution in [-0.2, 0) is 14.2 Å². The van der Waals surface area contributed by atoms with E-state index in [0.717, 1.165) is 11.8 Å². The van der Waals surface area contributed by atoms with E-state index in [1.165, 1.54) is 0 Å². The first kappa shape index (κ1) is 11.8. The Hall–Kier alpha value is 0.360. The predicted molar refractivity (Wildman–Crippen MR) is 61.2 cm³/mol. The van der Waals surface area contributed by atoms with Crippen molar-refractivity contribution in [2.24, 2.45) is 0 Å². The molecule has 0 bridgehead atoms. The molecule has 2 aliphatic heterocycles. The Balaban J connectivity index is 2.22. The molecule has 2 atom stereocenters. The number of alkyl halides is 1. The highest BCUT2D eigenvalue weighted by Crippen LogP contribution is 2.50. The summed E-state index contributed by atoms with van der Waals surface area (Å²) < 4.78 is 17.9. The van der Waals surface area contributed by atoms with Crippen molar-refractivity contribution in [2.45, 2.75) is 57.2 Å². The summed E-state index contributed by atoms with van der Waals surface area (Å²) in [6, 6.07) is 0. The second-order valence-corrected chi connectivity index (χ2v) is 6.15. The van der Waals surface area contributed by atoms with Crippen LogP contribution in [0.2, 0.25) is 0 Å². The van der Waals surface area contributed by atoms with Crippen LogP contribution in [0.25, 0.3) is 0 Å². The molecule has 2 aliphatic rings. The molecule has 88 valence electrons. The first-order valence-corrected chi connectivity index (χ1v) is 6.50. The number of ether oxygens (including phenoxy) is 3. The van der Waals surface area contributed by atoms with Crippen LogP contribution in [0.1, 0.15) is 34.1 Å². The van der Waals surface area contributed by atoms with E-state index in [2.05, 4.69) is 29.8 Å². The van der Waals surface area contributed by atoms with Gasteiger partial charge in [0.25, 0.3) is 0 Å². The Morgan fingerprint density at radius 1 is 1.27 bits per heavy atom. The summed E-state index contributed by atoms with van der Waals surface area (Å²) in [6.45, 7) is 8.89. The molecule has 0 saturated carbocycles. The van der Waals surface area contributed by atoms with Gasteiger partial charge in [0.2, 0.25) is 0 Å². The van der Waals surface area contributed by atoms with Crippen LogP contribution in [0.4, 0.5) is 0 Å². The normalized spacial score (nSPS) is 42.6. The van der Waals surface area contributed by atoms with Crippen LogP contribution >= 0.6 is 15.9 Å². The fraction of sp³-hybridized carbons (Fsp3) is 1.00. The number of rotatable bonds is 1. The van der Waals surface area contributed by atoms with Crippen molar-refractivity contribution in [1.82, 2.24) is 0 Å². The zero-order valence-electron chi connectivity index (χ0n) is 9.80. The average molecular weight is 279 g/mol. The molecule has 2 saturated heterocycles. The fourth-order valence-corrected chi connectivity index (χ4v) is 2.95. The second kappa shape index (κ2) is 3.42. The van der Waals surface area contributed by atoms with Crippen molar-refractivity contribution in [2.75, 3.05) is 11.9 Å². The van der Waals surface area contributed by atoms with E-state index in [-0.39, 0.29) is 17.3 Å². The lowest BCUT2D eigenvalue weighted by molar-refractivity contribution is -0.234. The van der Waals surface area contributed by atoms with E-state index in [1.807, 2.05) is 13.8 Å². The van der Waals surface area contributed by atoms with Gasteiger partial charge in [-0.1, -0.05) is 15.9 Å². The summed E-state index contributed by atoms with van der Waals surface area (Å²) in [7, 11) is 0. The highest BCUT2D eigenvalue weighted by Gasteiger charge is 2.62. The lowest BCUT2D eigenvalue weighted by Gasteiger charge is -2.34. The maximum Gasteiger partial charge on any atom is 0.200 e. The molecule has 2 rings (SSSR count). The fourth-order valence-electron chi connectivity index (χ4n) is 2.63. The minimum Gasteiger partial charge on any atom is -0.364 e. The molecular formula is C11H19BrO3. The van der Waals surface area contributed by atoms with Gasteiger partial charge in [-0.3, -0.25) is 0 Å². The molecule has 15 heavy (non-hydrogen) atoms. The van der Waals surface area contributed by atoms with Crippen molar-refractivity contribution >= 4 is 15.9 Å². The summed E-state index contributed by atoms with van der Waals surface area (Å²) in [5.74, 6) is -0.561. The third-order valence-electron chi connectivity index (χ3n) is 3.14. The first-order valence-electron chi connectivity index (χ1n) is 5.38. The third-order valence-corrected chi connectivity index (χ3v) is 3.86. The summed E-state index contributed by atoms with van der Waals surface area (Å²) in [5.41, 5.74) is -0.557. The molecule has 2 fully saturated rings. The van der Waals surface area contributed by atoms with Gasteiger partial charge in [0.15, 0.2) is 5.79 Å². The second-order valence-electron chi connectivity index (χ2n) is 5.51. The minimum absolute atomic E-state index is 0.141. The van der Waals surface area contributed by atoms with Crippen LogP contribution in [-0.4, -0.2) is 35.0 Å². The Bertz CT molecular complexity index is 265. The minimum atomic E-state index is -0.561. The van der Waals surface area contributed by atoms with Crippen molar-refractivity contribution in [1.29, 1.82) is 0 Å². The monoisotopic (exact) mass is 278 g/mol. The average Bonchev–Trinajstić information content (AvgIpc) is 2.53. The quantitative estimate of drug-likeness (QED) is 0.690. The van der Waals surface area contributed by atoms with E-state index >= 15 is 0 Å². The lowest BCUT2D eigenvalue weighted by atomic mass is 9.93. The molecule has 0 aliphatic carbocycles. The Morgan fingerprint density at radius 2 is 1.93 bits per heavy atom. The molecular weight excluding hydrogens is 260 g/mol. The van der Waals surface area contributed by atoms with E-state index < -0.39 is 5.79 Å². The zero-order valence-corrected chi connectivity index (χ0v) is 11.4. The maximum absolute atomic E-state index is 6.02. The molecule has 1 spiro atoms. The van der Waals surface area contributed by atoms with Gasteiger partial charge >= 0.3 is 0 Å². The smallest absolute Gasteiger partial charge is 0.200 e. The standard InChI is InChI=1S/C11H19BrO3/c1-9(2)7-11(10(3,4)15-9)13-6-8(5-12)14-11/h8H,5-7H2,1-4H3. The van der Waals surface area contributed by atoms with Gasteiger partial charge in [-0.05, 0) is 27.7 Å². The molecule has 2 heterocycles. The Kier molecular flexibility index (Phi) is 2.70. The van der Waals surface area contributed by atoms with Gasteiger partial charge in [-0.25, -0.2) is 0 Å². The largest absolute Gasteiger partial charge is 0.364 e. The van der Waals surface area contributed by atoms with Crippen LogP contribution in [0, 0.1) is 0 Å². The Morgan fingerprint density at radius 3 is 2.33 bits per heavy atom. The topological polar surface area (TPSA) is 27.7 Å². The number of hydrogen-bond donors (Lipinski definition) is 0. The molecule has 0 amide bonds. The van der Waals surface area contributed by atoms with Gasteiger partial charge in [0.05, 0.1) is 18.3 Å². The van der Waals surface area contributed by atoms with Gasteiger partial charge < -0.3 is 14.2 Å². The lowest BCUT2D eigenvalue weighted by Crippen LogP contribution is -2.47. The highest BCUT2D eigenvalue weighted by molar-refractivity contribution is 9.09. The molecule has 0 N–H and O–H groups in total. The summed E-state index contributed by atoms with van der Waals surface area (Å²) in [5, 5.41) is 0.811. The summed E-state index contributed by atoms with van der Waals surface area (Å²) in [6.07, 6.45) is 0.929. The van der Waals surface area contributed by atoms with Gasteiger partial charge in [-0.2, -0.15) is 0 Å². The molecule has 0 aromatic heterocycles. The van der Waals surface area contributed by atoms with Crippen molar-refractivity contribution in [3.8, 4) is 0 Å². The Labute approximate surface area is 99.6 Å². The van der Waals surface area contributed by atoms with Crippen molar-refractivity contribution in [3.05, 3.63) is 0 Å². The van der Waals surface area contributed by atoms with Crippen LogP contribution in [0.3, 0.4) is 0 Å². The number of hydrogen-bond acceptors (Lipinski definition) is 3. The molecule has 0 radical (unpaired) electrons. The van der Waals surface area contributed by atoms with Gasteiger partial charge in [-0.15, -0.1) is 0 Å². The summed E-state index contributed by atoms with van der Waals surface area (Å²) >= 11 is 3.43. The molecule has 3 nitrogen and oxygen atoms in total. The van der Waals surface area contributed by atoms with Crippen LogP contribution in [0.15, 0.2) is 0 Å². The SMILES string of the molecule is CC1(C)CC2(OCC(CBr)O2)C(C)(C)O1. The molecule has 4 heteroatoms. The van der Waals surface area contributed by atoms with Crippen molar-refractivity contribution in [3.63, 3.8) is 0 Å². The van der Waals surface area contributed by atoms with Gasteiger partial charge in [0, 0.05) is 11.8 Å². The zero-order chi connectivity index (χ0) is 11.3. The predicted octanol–water partition coefficient (Wildman–Crippen LogP) is 2.47. The van der Waals surface area contributed by atoms with E-state index in [0.29, 0.717) is 6.61 Å².